The largest absolute Gasteiger partial charge is 0.471 e. The second-order valence-electron chi connectivity index (χ2n) is 5.95. The highest BCUT2D eigenvalue weighted by molar-refractivity contribution is 7.18. The number of unbranched alkanes of at least 4 members (excludes halogenated alkanes) is 1. The molecule has 0 aliphatic heterocycles. The molecule has 1 aromatic rings. The van der Waals surface area contributed by atoms with Crippen molar-refractivity contribution in [3.63, 3.8) is 0 Å². The van der Waals surface area contributed by atoms with E-state index in [1.54, 1.807) is 25.3 Å². The Hall–Kier alpha value is -1.78. The number of aryl methyl sites for hydroxylation is 1. The van der Waals surface area contributed by atoms with Crippen molar-refractivity contribution in [2.24, 2.45) is 10.7 Å². The third kappa shape index (κ3) is 9.12. The number of hydrogen-bond donors (Lipinski definition) is 1. The zero-order chi connectivity index (χ0) is 20.4. The molecule has 2 N–H and O–H groups in total. The molecule has 1 aromatic heterocycles. The molecule has 8 heteroatoms. The summed E-state index contributed by atoms with van der Waals surface area (Å²) in [4.78, 5) is 8.39. The molecule has 0 radical (unpaired) electrons. The number of hydrogen-bond acceptors (Lipinski definition) is 4. The number of halogens is 3. The van der Waals surface area contributed by atoms with E-state index in [1.165, 1.54) is 15.4 Å². The van der Waals surface area contributed by atoms with Gasteiger partial charge in [0.2, 0.25) is 5.88 Å². The number of ether oxygens (including phenoxy) is 1. The first kappa shape index (κ1) is 23.3. The van der Waals surface area contributed by atoms with Gasteiger partial charge in [0.15, 0.2) is 6.61 Å². The molecule has 1 heterocycles. The summed E-state index contributed by atoms with van der Waals surface area (Å²) in [6.07, 6.45) is 8.79. The van der Waals surface area contributed by atoms with Crippen LogP contribution in [0.5, 0.6) is 5.88 Å². The third-order valence-electron chi connectivity index (χ3n) is 3.34. The molecule has 0 bridgehead atoms. The van der Waals surface area contributed by atoms with Crippen LogP contribution in [-0.2, 0) is 6.54 Å². The van der Waals surface area contributed by atoms with E-state index in [0.717, 1.165) is 18.4 Å². The van der Waals surface area contributed by atoms with Crippen molar-refractivity contribution in [2.75, 3.05) is 6.61 Å². The molecule has 0 aromatic carbocycles. The van der Waals surface area contributed by atoms with Crippen LogP contribution in [0.25, 0.3) is 0 Å². The van der Waals surface area contributed by atoms with E-state index in [9.17, 15) is 8.78 Å². The predicted molar refractivity (Wildman–Crippen MR) is 112 cm³/mol. The zero-order valence-electron chi connectivity index (χ0n) is 15.5. The average Bonchev–Trinajstić information content (AvgIpc) is 2.56. The predicted octanol–water partition coefficient (Wildman–Crippen LogP) is 5.13. The number of pyridine rings is 1. The number of alkyl halides is 2. The molecule has 0 spiro atoms. The second kappa shape index (κ2) is 11.2. The Morgan fingerprint density at radius 1 is 1.52 bits per heavy atom. The maximum atomic E-state index is 12.8. The van der Waals surface area contributed by atoms with E-state index < -0.39 is 12.3 Å². The molecule has 0 saturated carbocycles. The van der Waals surface area contributed by atoms with E-state index >= 15 is 0 Å². The van der Waals surface area contributed by atoms with Crippen LogP contribution < -0.4 is 10.5 Å². The number of nitrogens with two attached hydrogens (primary N) is 1. The van der Waals surface area contributed by atoms with Crippen LogP contribution >= 0.6 is 20.8 Å². The monoisotopic (exact) mass is 415 g/mol. The fourth-order valence-electron chi connectivity index (χ4n) is 2.03. The summed E-state index contributed by atoms with van der Waals surface area (Å²) in [6.45, 7) is 7.09. The number of aliphatic imine (C=N–C) groups is 1. The fourth-order valence-corrected chi connectivity index (χ4v) is 2.27. The van der Waals surface area contributed by atoms with Crippen LogP contribution in [0.4, 0.5) is 8.78 Å². The summed E-state index contributed by atoms with van der Waals surface area (Å²) in [5.41, 5.74) is 5.52. The van der Waals surface area contributed by atoms with Gasteiger partial charge in [-0.15, -0.1) is 0 Å². The quantitative estimate of drug-likeness (QED) is 0.327. The molecule has 1 rings (SSSR count). The van der Waals surface area contributed by atoms with Crippen LogP contribution in [0.3, 0.4) is 0 Å². The summed E-state index contributed by atoms with van der Waals surface area (Å²) in [6, 6.07) is 1.78. The van der Waals surface area contributed by atoms with Crippen molar-refractivity contribution in [2.45, 2.75) is 38.9 Å². The Bertz CT molecular complexity index is 743. The molecule has 0 aliphatic rings. The van der Waals surface area contributed by atoms with Gasteiger partial charge in [0.05, 0.1) is 6.54 Å². The SMILES string of the molecule is C=C(Cl)C(C=NCc1cnc(OCC(F)(F)P)c(C)c1)=C(N)/C=C\CCC. The molecular formula is C19H25ClF2N3OP. The first-order valence-electron chi connectivity index (χ1n) is 8.40. The summed E-state index contributed by atoms with van der Waals surface area (Å²) < 4.78 is 30.7. The van der Waals surface area contributed by atoms with Gasteiger partial charge in [0, 0.05) is 34.3 Å². The molecular weight excluding hydrogens is 391 g/mol. The zero-order valence-corrected chi connectivity index (χ0v) is 17.4. The van der Waals surface area contributed by atoms with Crippen LogP contribution in [0.1, 0.15) is 30.9 Å². The van der Waals surface area contributed by atoms with Crippen molar-refractivity contribution in [3.8, 4) is 5.88 Å². The minimum atomic E-state index is -2.99. The summed E-state index contributed by atoms with van der Waals surface area (Å²) in [7, 11) is 1.43. The van der Waals surface area contributed by atoms with Crippen LogP contribution in [0, 0.1) is 6.92 Å². The molecule has 1 unspecified atom stereocenters. The van der Waals surface area contributed by atoms with Crippen molar-refractivity contribution in [3.05, 3.63) is 58.4 Å². The Labute approximate surface area is 166 Å². The van der Waals surface area contributed by atoms with Gasteiger partial charge < -0.3 is 10.5 Å². The van der Waals surface area contributed by atoms with Crippen molar-refractivity contribution in [1.29, 1.82) is 0 Å². The van der Waals surface area contributed by atoms with Gasteiger partial charge in [-0.05, 0) is 31.1 Å². The highest BCUT2D eigenvalue weighted by Gasteiger charge is 2.22. The van der Waals surface area contributed by atoms with Gasteiger partial charge in [-0.3, -0.25) is 4.99 Å². The normalized spacial score (nSPS) is 13.3. The minimum absolute atomic E-state index is 0.171. The van der Waals surface area contributed by atoms with E-state index in [2.05, 4.69) is 23.5 Å². The van der Waals surface area contributed by atoms with Gasteiger partial charge in [-0.2, -0.15) is 8.78 Å². The van der Waals surface area contributed by atoms with E-state index in [1.807, 2.05) is 6.08 Å². The molecule has 1 atom stereocenters. The standard InChI is InChI=1S/C19H25ClF2N3OP/c1-4-5-6-7-17(23)16(14(3)20)11-24-9-15-8-13(2)18(25-10-15)26-12-19(21,22)27/h6-8,10-11H,3-5,9,12,23,27H2,1-2H3/b7-6-,17-16?,24-11?. The lowest BCUT2D eigenvalue weighted by Crippen LogP contribution is -2.18. The molecule has 27 heavy (non-hydrogen) atoms. The highest BCUT2D eigenvalue weighted by atomic mass is 35.5. The molecule has 0 aliphatic carbocycles. The Balaban J connectivity index is 2.81. The molecule has 0 fully saturated rings. The lowest BCUT2D eigenvalue weighted by atomic mass is 10.2. The van der Waals surface area contributed by atoms with Crippen molar-refractivity contribution < 1.29 is 13.5 Å². The lowest BCUT2D eigenvalue weighted by molar-refractivity contribution is 0.0440. The summed E-state index contributed by atoms with van der Waals surface area (Å²) in [5.74, 6) is 0.171. The van der Waals surface area contributed by atoms with Crippen molar-refractivity contribution >= 4 is 27.1 Å². The van der Waals surface area contributed by atoms with Gasteiger partial charge >= 0.3 is 0 Å². The number of aromatic nitrogens is 1. The Kier molecular flexibility index (Phi) is 9.61. The van der Waals surface area contributed by atoms with Crippen LogP contribution in [-0.4, -0.2) is 23.5 Å². The first-order valence-corrected chi connectivity index (χ1v) is 9.35. The maximum absolute atomic E-state index is 12.8. The van der Waals surface area contributed by atoms with Gasteiger partial charge in [-0.1, -0.05) is 46.8 Å². The van der Waals surface area contributed by atoms with E-state index in [4.69, 9.17) is 22.1 Å². The fraction of sp³-hybridized carbons (Fsp3) is 0.368. The number of nitrogens with zero attached hydrogens (tertiary/aromatic N) is 2. The van der Waals surface area contributed by atoms with Crippen molar-refractivity contribution in [1.82, 2.24) is 4.98 Å². The van der Waals surface area contributed by atoms with Crippen LogP contribution in [0.2, 0.25) is 0 Å². The molecule has 148 valence electrons. The summed E-state index contributed by atoms with van der Waals surface area (Å²) >= 11 is 6.00. The Morgan fingerprint density at radius 2 is 2.22 bits per heavy atom. The average molecular weight is 416 g/mol. The maximum Gasteiger partial charge on any atom is 0.292 e. The first-order chi connectivity index (χ1) is 12.6. The topological polar surface area (TPSA) is 60.5 Å². The second-order valence-corrected chi connectivity index (χ2v) is 7.25. The third-order valence-corrected chi connectivity index (χ3v) is 3.71. The smallest absolute Gasteiger partial charge is 0.292 e. The molecule has 0 amide bonds. The van der Waals surface area contributed by atoms with Gasteiger partial charge in [0.1, 0.15) is 0 Å². The number of allylic oxidation sites excluding steroid dienone is 4. The van der Waals surface area contributed by atoms with Crippen LogP contribution in [0.15, 0.2) is 52.3 Å². The lowest BCUT2D eigenvalue weighted by Gasteiger charge is -2.13. The minimum Gasteiger partial charge on any atom is -0.471 e. The van der Waals surface area contributed by atoms with Gasteiger partial charge in [-0.25, -0.2) is 4.98 Å². The van der Waals surface area contributed by atoms with E-state index in [0.29, 0.717) is 28.4 Å². The van der Waals surface area contributed by atoms with E-state index in [-0.39, 0.29) is 5.88 Å². The summed E-state index contributed by atoms with van der Waals surface area (Å²) in [5, 5.41) is 0.300. The molecule has 4 nitrogen and oxygen atoms in total. The molecule has 0 saturated heterocycles. The Morgan fingerprint density at radius 3 is 2.78 bits per heavy atom. The highest BCUT2D eigenvalue weighted by Crippen LogP contribution is 2.24. The van der Waals surface area contributed by atoms with Gasteiger partial charge in [0.25, 0.3) is 5.66 Å². The number of rotatable bonds is 10.